The van der Waals surface area contributed by atoms with E-state index in [1.54, 1.807) is 12.1 Å². The zero-order valence-corrected chi connectivity index (χ0v) is 19.2. The molecular weight excluding hydrogens is 454 g/mol. The number of hydrogen-bond acceptors (Lipinski definition) is 3. The van der Waals surface area contributed by atoms with Gasteiger partial charge in [0.25, 0.3) is 0 Å². The third-order valence-electron chi connectivity index (χ3n) is 7.06. The first-order valence-corrected chi connectivity index (χ1v) is 11.6. The molecule has 0 amide bonds. The highest BCUT2D eigenvalue weighted by Crippen LogP contribution is 2.38. The largest absolute Gasteiger partial charge is 0.505 e. The zero-order valence-electron chi connectivity index (χ0n) is 19.2. The van der Waals surface area contributed by atoms with Gasteiger partial charge in [-0.25, -0.2) is 0 Å². The Labute approximate surface area is 203 Å². The lowest BCUT2D eigenvalue weighted by atomic mass is 9.98. The van der Waals surface area contributed by atoms with Gasteiger partial charge in [0.2, 0.25) is 0 Å². The molecule has 0 unspecified atom stereocenters. The van der Waals surface area contributed by atoms with Crippen molar-refractivity contribution in [2.75, 3.05) is 0 Å². The first-order chi connectivity index (χ1) is 17.6. The van der Waals surface area contributed by atoms with Crippen LogP contribution in [0.2, 0.25) is 0 Å². The van der Waals surface area contributed by atoms with Crippen LogP contribution < -0.4 is 0 Å². The van der Waals surface area contributed by atoms with Crippen molar-refractivity contribution >= 4 is 22.1 Å². The molecule has 0 saturated carbocycles. The molecule has 4 heterocycles. The average Bonchev–Trinajstić information content (AvgIpc) is 3.74. The van der Waals surface area contributed by atoms with Crippen LogP contribution in [-0.4, -0.2) is 38.3 Å². The van der Waals surface area contributed by atoms with Gasteiger partial charge in [-0.3, -0.25) is 0 Å². The number of aromatic nitrogens is 6. The first kappa shape index (κ1) is 19.1. The molecule has 9 nitrogen and oxygen atoms in total. The van der Waals surface area contributed by atoms with Crippen LogP contribution in [0.4, 0.5) is 0 Å². The van der Waals surface area contributed by atoms with Crippen molar-refractivity contribution in [3.05, 3.63) is 95.1 Å². The summed E-state index contributed by atoms with van der Waals surface area (Å²) in [5, 5.41) is 32.3. The number of hydrogen-bond donors (Lipinski definition) is 2. The highest BCUT2D eigenvalue weighted by molar-refractivity contribution is 5.80. The van der Waals surface area contributed by atoms with Crippen molar-refractivity contribution in [3.63, 3.8) is 0 Å². The van der Waals surface area contributed by atoms with E-state index >= 15 is 0 Å². The summed E-state index contributed by atoms with van der Waals surface area (Å²) in [5.74, 6) is 0.236. The molecule has 0 radical (unpaired) electrons. The molecule has 0 atom stereocenters. The van der Waals surface area contributed by atoms with Gasteiger partial charge in [-0.15, -0.1) is 28.1 Å². The minimum absolute atomic E-state index is 0.0865. The summed E-state index contributed by atoms with van der Waals surface area (Å²) in [4.78, 5) is 3.77. The number of nitriles is 1. The van der Waals surface area contributed by atoms with Crippen LogP contribution in [0.3, 0.4) is 0 Å². The van der Waals surface area contributed by atoms with Crippen LogP contribution in [0.5, 0.6) is 11.5 Å². The standard InChI is InChI=1S/C27H19N7O2/c1-16-10-18(26(35)24(11-16)33-29-20-6-2-3-7-21(20)30(29)33)14-19-12-17(15-28)13-25(27(19)36)34-31-22-8-4-5-9-23(22)32(31)34/h2-13,35-36H,14H2,1H3. The smallest absolute Gasteiger partial charge is 0.146 e. The maximum atomic E-state index is 11.3. The minimum Gasteiger partial charge on any atom is -0.505 e. The van der Waals surface area contributed by atoms with Crippen molar-refractivity contribution in [3.8, 4) is 28.9 Å². The van der Waals surface area contributed by atoms with E-state index in [-0.39, 0.29) is 17.9 Å². The molecular formula is C27H19N7O2. The fourth-order valence-electron chi connectivity index (χ4n) is 5.35. The second-order valence-electron chi connectivity index (χ2n) is 9.30. The van der Waals surface area contributed by atoms with Crippen LogP contribution in [-0.2, 0) is 6.42 Å². The lowest BCUT2D eigenvalue weighted by molar-refractivity contribution is 0.459. The summed E-state index contributed by atoms with van der Waals surface area (Å²) in [6.45, 7) is 1.98. The highest BCUT2D eigenvalue weighted by Gasteiger charge is 2.29. The van der Waals surface area contributed by atoms with E-state index in [0.717, 1.165) is 27.6 Å². The quantitative estimate of drug-likeness (QED) is 0.398. The Bertz CT molecular complexity index is 2050. The molecule has 4 aromatic carbocycles. The lowest BCUT2D eigenvalue weighted by Gasteiger charge is -2.12. The third kappa shape index (κ3) is 2.27. The molecule has 0 aliphatic rings. The SMILES string of the molecule is Cc1cc(Cc2cc(C#N)cc(-n3n4c5ccccc5n34)c2O)c(O)c(-n2n3c4ccccc4n23)c1. The van der Waals surface area contributed by atoms with E-state index in [2.05, 4.69) is 6.07 Å². The van der Waals surface area contributed by atoms with Crippen molar-refractivity contribution < 1.29 is 10.2 Å². The third-order valence-corrected chi connectivity index (χ3v) is 7.06. The van der Waals surface area contributed by atoms with Gasteiger partial charge in [-0.1, -0.05) is 30.3 Å². The minimum atomic E-state index is 0.0865. The maximum Gasteiger partial charge on any atom is 0.146 e. The van der Waals surface area contributed by atoms with E-state index < -0.39 is 0 Å². The first-order valence-electron chi connectivity index (χ1n) is 11.6. The van der Waals surface area contributed by atoms with Crippen LogP contribution in [0, 0.1) is 18.3 Å². The summed E-state index contributed by atoms with van der Waals surface area (Å²) >= 11 is 0. The van der Waals surface area contributed by atoms with Gasteiger partial charge in [0.15, 0.2) is 0 Å². The monoisotopic (exact) mass is 473 g/mol. The van der Waals surface area contributed by atoms with Gasteiger partial charge in [-0.2, -0.15) is 5.26 Å². The van der Waals surface area contributed by atoms with Gasteiger partial charge < -0.3 is 10.2 Å². The molecule has 8 rings (SSSR count). The molecule has 8 aromatic rings. The number of phenolic OH excluding ortho intramolecular Hbond substituents is 2. The summed E-state index contributed by atoms with van der Waals surface area (Å²) in [6, 6.07) is 25.5. The molecule has 0 spiro atoms. The Morgan fingerprint density at radius 3 is 1.58 bits per heavy atom. The lowest BCUT2D eigenvalue weighted by Crippen LogP contribution is -1.99. The predicted molar refractivity (Wildman–Crippen MR) is 133 cm³/mol. The topological polar surface area (TPSA) is 91.8 Å². The Morgan fingerprint density at radius 2 is 1.11 bits per heavy atom. The number of aromatic hydroxyl groups is 2. The molecule has 2 N–H and O–H groups in total. The number of benzene rings is 4. The molecule has 0 bridgehead atoms. The molecule has 174 valence electrons. The van der Waals surface area contributed by atoms with E-state index in [1.165, 1.54) is 0 Å². The fraction of sp³-hybridized carbons (Fsp3) is 0.0741. The second kappa shape index (κ2) is 6.25. The molecule has 0 saturated heterocycles. The van der Waals surface area contributed by atoms with Gasteiger partial charge in [0.05, 0.1) is 11.6 Å². The molecule has 0 aliphatic carbocycles. The van der Waals surface area contributed by atoms with E-state index in [9.17, 15) is 15.5 Å². The van der Waals surface area contributed by atoms with Crippen molar-refractivity contribution in [1.29, 1.82) is 5.26 Å². The second-order valence-corrected chi connectivity index (χ2v) is 9.30. The van der Waals surface area contributed by atoms with Gasteiger partial charge in [0, 0.05) is 17.5 Å². The Kier molecular flexibility index (Phi) is 3.32. The van der Waals surface area contributed by atoms with Crippen molar-refractivity contribution in [2.45, 2.75) is 13.3 Å². The van der Waals surface area contributed by atoms with Crippen LogP contribution in [0.25, 0.3) is 33.4 Å². The number of para-hydroxylation sites is 4. The van der Waals surface area contributed by atoms with Crippen LogP contribution in [0.15, 0.2) is 72.8 Å². The highest BCUT2D eigenvalue weighted by atomic mass is 16.3. The normalized spacial score (nSPS) is 12.3. The summed E-state index contributed by atoms with van der Waals surface area (Å²) in [5.41, 5.74) is 8.15. The average molecular weight is 473 g/mol. The van der Waals surface area contributed by atoms with Crippen LogP contribution in [0.1, 0.15) is 22.3 Å². The Morgan fingerprint density at radius 1 is 0.667 bits per heavy atom. The predicted octanol–water partition coefficient (Wildman–Crippen LogP) is 4.34. The van der Waals surface area contributed by atoms with E-state index in [4.69, 9.17) is 0 Å². The van der Waals surface area contributed by atoms with Crippen LogP contribution >= 0.6 is 0 Å². The van der Waals surface area contributed by atoms with Gasteiger partial charge in [0.1, 0.15) is 44.9 Å². The van der Waals surface area contributed by atoms with Crippen molar-refractivity contribution in [1.82, 2.24) is 28.1 Å². The fourth-order valence-corrected chi connectivity index (χ4v) is 5.35. The van der Waals surface area contributed by atoms with Gasteiger partial charge >= 0.3 is 0 Å². The number of nitrogens with zero attached hydrogens (tertiary/aromatic N) is 7. The molecule has 0 fully saturated rings. The molecule has 4 aromatic heterocycles. The molecule has 9 heteroatoms. The Hall–Kier alpha value is -5.23. The summed E-state index contributed by atoms with van der Waals surface area (Å²) < 4.78 is 7.87. The van der Waals surface area contributed by atoms with Crippen molar-refractivity contribution in [2.24, 2.45) is 0 Å². The maximum absolute atomic E-state index is 11.3. The number of phenols is 2. The summed E-state index contributed by atoms with van der Waals surface area (Å²) in [7, 11) is 0. The molecule has 36 heavy (non-hydrogen) atoms. The number of fused-ring (bicyclic) bond motifs is 8. The Balaban J connectivity index is 1.24. The van der Waals surface area contributed by atoms with E-state index in [0.29, 0.717) is 28.1 Å². The zero-order chi connectivity index (χ0) is 24.3. The van der Waals surface area contributed by atoms with E-state index in [1.807, 2.05) is 95.7 Å². The van der Waals surface area contributed by atoms with Gasteiger partial charge in [-0.05, 0) is 55.0 Å². The summed E-state index contributed by atoms with van der Waals surface area (Å²) in [6.07, 6.45) is 0.274. The number of aryl methyl sites for hydroxylation is 1. The number of rotatable bonds is 4. The molecule has 0 aliphatic heterocycles.